The van der Waals surface area contributed by atoms with E-state index in [-0.39, 0.29) is 29.9 Å². The van der Waals surface area contributed by atoms with E-state index in [1.54, 1.807) is 7.05 Å². The molecule has 0 aromatic rings. The van der Waals surface area contributed by atoms with Crippen molar-refractivity contribution >= 4 is 35.8 Å². The Hall–Kier alpha value is -0.610. The maximum atomic E-state index is 12.3. The second-order valence-corrected chi connectivity index (χ2v) is 7.42. The molecule has 0 bridgehead atoms. The molecule has 158 valence electrons. The van der Waals surface area contributed by atoms with Crippen LogP contribution in [0.15, 0.2) is 4.99 Å². The molecule has 2 rings (SSSR count). The highest BCUT2D eigenvalue weighted by atomic mass is 127. The molecule has 2 heterocycles. The van der Waals surface area contributed by atoms with E-state index in [1.165, 1.54) is 6.42 Å². The highest BCUT2D eigenvalue weighted by Gasteiger charge is 2.20. The Morgan fingerprint density at radius 2 is 2.11 bits per heavy atom. The first kappa shape index (κ1) is 24.4. The van der Waals surface area contributed by atoms with E-state index in [1.807, 2.05) is 4.90 Å². The smallest absolute Gasteiger partial charge is 0.224 e. The van der Waals surface area contributed by atoms with Crippen LogP contribution in [0.4, 0.5) is 0 Å². The minimum Gasteiger partial charge on any atom is -0.381 e. The first-order valence-corrected chi connectivity index (χ1v) is 10.1. The molecule has 2 N–H and O–H groups in total. The summed E-state index contributed by atoms with van der Waals surface area (Å²) in [7, 11) is 1.75. The van der Waals surface area contributed by atoms with E-state index < -0.39 is 0 Å². The van der Waals surface area contributed by atoms with E-state index >= 15 is 0 Å². The Balaban J connectivity index is 0.00000364. The zero-order chi connectivity index (χ0) is 18.6. The van der Waals surface area contributed by atoms with Gasteiger partial charge in [0.05, 0.1) is 13.2 Å². The van der Waals surface area contributed by atoms with Crippen molar-refractivity contribution in [3.05, 3.63) is 0 Å². The highest BCUT2D eigenvalue weighted by molar-refractivity contribution is 14.0. The Labute approximate surface area is 181 Å². The molecule has 7 nitrogen and oxygen atoms in total. The molecule has 2 unspecified atom stereocenters. The predicted octanol–water partition coefficient (Wildman–Crippen LogP) is 1.86. The number of piperidine rings is 1. The minimum atomic E-state index is 0. The number of amides is 1. The number of rotatable bonds is 9. The van der Waals surface area contributed by atoms with Crippen molar-refractivity contribution in [1.29, 1.82) is 0 Å². The van der Waals surface area contributed by atoms with Gasteiger partial charge in [-0.05, 0) is 31.6 Å². The molecule has 2 atom stereocenters. The number of carbonyl (C=O) groups is 1. The zero-order valence-electron chi connectivity index (χ0n) is 16.9. The van der Waals surface area contributed by atoms with Crippen LogP contribution < -0.4 is 10.6 Å². The summed E-state index contributed by atoms with van der Waals surface area (Å²) in [5.74, 6) is 2.18. The molecule has 2 aliphatic rings. The lowest BCUT2D eigenvalue weighted by atomic mass is 10.00. The number of likely N-dealkylation sites (tertiary alicyclic amines) is 1. The predicted molar refractivity (Wildman–Crippen MR) is 119 cm³/mol. The maximum Gasteiger partial charge on any atom is 0.224 e. The number of halogens is 1. The lowest BCUT2D eigenvalue weighted by Gasteiger charge is -2.31. The SMILES string of the molecule is CN=C(NCCCOCC1CCOC1)NCCC(=O)N1CCCC(C)C1.I. The van der Waals surface area contributed by atoms with Gasteiger partial charge < -0.3 is 25.0 Å². The largest absolute Gasteiger partial charge is 0.381 e. The number of nitrogens with one attached hydrogen (secondary N) is 2. The molecule has 0 aromatic carbocycles. The quantitative estimate of drug-likeness (QED) is 0.221. The number of hydrogen-bond acceptors (Lipinski definition) is 4. The second kappa shape index (κ2) is 14.4. The van der Waals surface area contributed by atoms with Gasteiger partial charge in [0.15, 0.2) is 5.96 Å². The minimum absolute atomic E-state index is 0. The first-order chi connectivity index (χ1) is 12.7. The van der Waals surface area contributed by atoms with E-state index in [0.717, 1.165) is 71.3 Å². The van der Waals surface area contributed by atoms with E-state index in [4.69, 9.17) is 9.47 Å². The molecule has 27 heavy (non-hydrogen) atoms. The summed E-state index contributed by atoms with van der Waals surface area (Å²) in [6, 6.07) is 0. The zero-order valence-corrected chi connectivity index (χ0v) is 19.2. The molecule has 2 aliphatic heterocycles. The van der Waals surface area contributed by atoms with Crippen molar-refractivity contribution in [2.75, 3.05) is 59.7 Å². The number of ether oxygens (including phenoxy) is 2. The van der Waals surface area contributed by atoms with Crippen LogP contribution in [0.1, 0.15) is 39.0 Å². The van der Waals surface area contributed by atoms with Gasteiger partial charge in [-0.2, -0.15) is 0 Å². The van der Waals surface area contributed by atoms with Gasteiger partial charge in [-0.1, -0.05) is 6.92 Å². The summed E-state index contributed by atoms with van der Waals surface area (Å²) in [5.41, 5.74) is 0. The van der Waals surface area contributed by atoms with Crippen molar-refractivity contribution in [2.45, 2.75) is 39.0 Å². The van der Waals surface area contributed by atoms with Crippen molar-refractivity contribution in [1.82, 2.24) is 15.5 Å². The van der Waals surface area contributed by atoms with Crippen LogP contribution in [0.5, 0.6) is 0 Å². The van der Waals surface area contributed by atoms with Gasteiger partial charge in [-0.15, -0.1) is 24.0 Å². The molecule has 0 saturated carbocycles. The number of guanidine groups is 1. The van der Waals surface area contributed by atoms with Crippen LogP contribution >= 0.6 is 24.0 Å². The number of nitrogens with zero attached hydrogens (tertiary/aromatic N) is 2. The Bertz CT molecular complexity index is 445. The molecule has 0 spiro atoms. The van der Waals surface area contributed by atoms with Gasteiger partial charge in [0, 0.05) is 58.8 Å². The van der Waals surface area contributed by atoms with Crippen molar-refractivity contribution < 1.29 is 14.3 Å². The third-order valence-corrected chi connectivity index (χ3v) is 5.00. The summed E-state index contributed by atoms with van der Waals surface area (Å²) < 4.78 is 11.0. The van der Waals surface area contributed by atoms with Crippen LogP contribution in [0.3, 0.4) is 0 Å². The topological polar surface area (TPSA) is 75.2 Å². The Morgan fingerprint density at radius 3 is 2.81 bits per heavy atom. The fraction of sp³-hybridized carbons (Fsp3) is 0.895. The van der Waals surface area contributed by atoms with Gasteiger partial charge in [0.1, 0.15) is 0 Å². The molecule has 0 aromatic heterocycles. The summed E-state index contributed by atoms with van der Waals surface area (Å²) >= 11 is 0. The molecule has 1 amide bonds. The number of aliphatic imine (C=N–C) groups is 1. The highest BCUT2D eigenvalue weighted by Crippen LogP contribution is 2.16. The van der Waals surface area contributed by atoms with Gasteiger partial charge in [0.2, 0.25) is 5.91 Å². The normalized spacial score (nSPS) is 23.0. The summed E-state index contributed by atoms with van der Waals surface area (Å²) in [6.07, 6.45) is 4.92. The van der Waals surface area contributed by atoms with Crippen LogP contribution in [0.2, 0.25) is 0 Å². The van der Waals surface area contributed by atoms with Crippen LogP contribution in [0, 0.1) is 11.8 Å². The third kappa shape index (κ3) is 9.94. The van der Waals surface area contributed by atoms with Crippen LogP contribution in [0.25, 0.3) is 0 Å². The van der Waals surface area contributed by atoms with Crippen LogP contribution in [-0.4, -0.2) is 76.4 Å². The average molecular weight is 496 g/mol. The average Bonchev–Trinajstić information content (AvgIpc) is 3.16. The molecule has 0 aliphatic carbocycles. The fourth-order valence-corrected chi connectivity index (χ4v) is 3.43. The Kier molecular flexibility index (Phi) is 13.0. The van der Waals surface area contributed by atoms with Gasteiger partial charge >= 0.3 is 0 Å². The number of carbonyl (C=O) groups excluding carboxylic acids is 1. The lowest BCUT2D eigenvalue weighted by molar-refractivity contribution is -0.132. The summed E-state index contributed by atoms with van der Waals surface area (Å²) in [4.78, 5) is 18.5. The van der Waals surface area contributed by atoms with Gasteiger partial charge in [-0.3, -0.25) is 9.79 Å². The van der Waals surface area contributed by atoms with E-state index in [2.05, 4.69) is 22.5 Å². The molecule has 2 saturated heterocycles. The summed E-state index contributed by atoms with van der Waals surface area (Å²) in [5, 5.41) is 6.49. The van der Waals surface area contributed by atoms with Crippen molar-refractivity contribution in [3.63, 3.8) is 0 Å². The number of hydrogen-bond donors (Lipinski definition) is 2. The lowest BCUT2D eigenvalue weighted by Crippen LogP contribution is -2.42. The fourth-order valence-electron chi connectivity index (χ4n) is 3.43. The Morgan fingerprint density at radius 1 is 1.30 bits per heavy atom. The summed E-state index contributed by atoms with van der Waals surface area (Å²) in [6.45, 7) is 8.69. The maximum absolute atomic E-state index is 12.3. The standard InChI is InChI=1S/C19H36N4O3.HI/c1-16-5-3-10-23(13-16)18(24)6-9-22-19(20-2)21-8-4-11-25-14-17-7-12-26-15-17;/h16-17H,3-15H2,1-2H3,(H2,20,21,22);1H. The molecule has 0 radical (unpaired) electrons. The van der Waals surface area contributed by atoms with E-state index in [9.17, 15) is 4.79 Å². The van der Waals surface area contributed by atoms with Gasteiger partial charge in [0.25, 0.3) is 0 Å². The van der Waals surface area contributed by atoms with Crippen molar-refractivity contribution in [3.8, 4) is 0 Å². The molecular weight excluding hydrogens is 459 g/mol. The van der Waals surface area contributed by atoms with Crippen LogP contribution in [-0.2, 0) is 14.3 Å². The second-order valence-electron chi connectivity index (χ2n) is 7.42. The third-order valence-electron chi connectivity index (χ3n) is 5.00. The molecular formula is C19H37IN4O3. The monoisotopic (exact) mass is 496 g/mol. The molecule has 8 heteroatoms. The first-order valence-electron chi connectivity index (χ1n) is 10.1. The van der Waals surface area contributed by atoms with Gasteiger partial charge in [-0.25, -0.2) is 0 Å². The molecule has 2 fully saturated rings. The van der Waals surface area contributed by atoms with Crippen molar-refractivity contribution in [2.24, 2.45) is 16.8 Å². The van der Waals surface area contributed by atoms with E-state index in [0.29, 0.717) is 24.8 Å².